The molecule has 2 aliphatic heterocycles. The Morgan fingerprint density at radius 1 is 1.03 bits per heavy atom. The van der Waals surface area contributed by atoms with E-state index in [1.165, 1.54) is 7.05 Å². The Morgan fingerprint density at radius 2 is 1.76 bits per heavy atom. The summed E-state index contributed by atoms with van der Waals surface area (Å²) in [6.07, 6.45) is -2.42. The molecule has 3 rings (SSSR count). The molecule has 1 aromatic rings. The molecule has 2 aliphatic rings. The second-order valence-corrected chi connectivity index (χ2v) is 8.23. The van der Waals surface area contributed by atoms with E-state index in [2.05, 4.69) is 5.32 Å². The molecule has 0 bridgehead atoms. The first-order valence-electron chi connectivity index (χ1n) is 11.4. The van der Waals surface area contributed by atoms with Crippen LogP contribution in [0.25, 0.3) is 0 Å². The van der Waals surface area contributed by atoms with Crippen molar-refractivity contribution in [1.82, 2.24) is 5.32 Å². The monoisotopic (exact) mass is 469 g/mol. The van der Waals surface area contributed by atoms with Crippen LogP contribution in [0.5, 0.6) is 0 Å². The second kappa shape index (κ2) is 12.4. The smallest absolute Gasteiger partial charge is 0.338 e. The third-order valence-electron chi connectivity index (χ3n) is 5.80. The number of benzene rings is 1. The Morgan fingerprint density at radius 3 is 2.44 bits per heavy atom. The van der Waals surface area contributed by atoms with Crippen molar-refractivity contribution in [1.29, 1.82) is 0 Å². The quantitative estimate of drug-likeness (QED) is 0.393. The van der Waals surface area contributed by atoms with Crippen molar-refractivity contribution in [3.05, 3.63) is 35.9 Å². The van der Waals surface area contributed by atoms with E-state index in [4.69, 9.17) is 39.4 Å². The van der Waals surface area contributed by atoms with E-state index >= 15 is 0 Å². The molecule has 2 heterocycles. The first-order valence-corrected chi connectivity index (χ1v) is 11.4. The summed E-state index contributed by atoms with van der Waals surface area (Å²) in [5, 5.41) is 2.46. The Balaban J connectivity index is 1.59. The molecule has 4 radical (unpaired) electrons. The second-order valence-electron chi connectivity index (χ2n) is 8.23. The Bertz CT molecular complexity index is 842. The summed E-state index contributed by atoms with van der Waals surface area (Å²) in [4.78, 5) is 36.2. The van der Waals surface area contributed by atoms with Crippen LogP contribution in [-0.4, -0.2) is 89.7 Å². The highest BCUT2D eigenvalue weighted by Crippen LogP contribution is 2.30. The number of carbonyl (C=O) groups excluding carboxylic acids is 3. The maximum atomic E-state index is 12.5. The van der Waals surface area contributed by atoms with Crippen molar-refractivity contribution in [3.63, 3.8) is 0 Å². The van der Waals surface area contributed by atoms with E-state index < -0.39 is 54.5 Å². The number of amides is 1. The molecule has 1 N–H and O–H groups in total. The zero-order valence-corrected chi connectivity index (χ0v) is 19.4. The first kappa shape index (κ1) is 26.2. The van der Waals surface area contributed by atoms with Gasteiger partial charge in [-0.1, -0.05) is 25.1 Å². The predicted octanol–water partition coefficient (Wildman–Crippen LogP) is 0.622. The van der Waals surface area contributed by atoms with Crippen LogP contribution in [0.3, 0.4) is 0 Å². The molecule has 0 spiro atoms. The van der Waals surface area contributed by atoms with E-state index in [0.29, 0.717) is 18.4 Å². The molecule has 2 fully saturated rings. The molecule has 9 nitrogen and oxygen atoms in total. The molecule has 1 amide bonds. The van der Waals surface area contributed by atoms with E-state index in [-0.39, 0.29) is 25.4 Å². The predicted molar refractivity (Wildman–Crippen MR) is 122 cm³/mol. The van der Waals surface area contributed by atoms with Crippen molar-refractivity contribution in [3.8, 4) is 0 Å². The van der Waals surface area contributed by atoms with Crippen LogP contribution in [0.15, 0.2) is 30.3 Å². The lowest BCUT2D eigenvalue weighted by Gasteiger charge is -2.26. The minimum absolute atomic E-state index is 0.00485. The Labute approximate surface area is 202 Å². The molecule has 2 unspecified atom stereocenters. The standard InChI is InChI=1S/C23H29B2NO8/c1-3-14-20(34-19(28)10-9-18(27)26-2)21(22(25)32-14)30-12-16-15(11-17(24)31-16)33-23(29)13-7-5-4-6-8-13/h4-8,14-17,20-22H,3,9-12H2,1-2H3,(H,26,27)/t14-,15?,16-,17-,20?,21+,22-/m1/s1. The molecule has 11 heteroatoms. The van der Waals surface area contributed by atoms with E-state index in [1.54, 1.807) is 30.3 Å². The summed E-state index contributed by atoms with van der Waals surface area (Å²) in [6, 6.07) is 7.17. The third kappa shape index (κ3) is 6.84. The van der Waals surface area contributed by atoms with Crippen molar-refractivity contribution in [2.24, 2.45) is 0 Å². The van der Waals surface area contributed by atoms with Gasteiger partial charge in [0.1, 0.15) is 34.0 Å². The number of carbonyl (C=O) groups is 3. The van der Waals surface area contributed by atoms with Crippen LogP contribution >= 0.6 is 0 Å². The lowest BCUT2D eigenvalue weighted by molar-refractivity contribution is -0.160. The zero-order chi connectivity index (χ0) is 24.7. The van der Waals surface area contributed by atoms with E-state index in [1.807, 2.05) is 6.92 Å². The maximum absolute atomic E-state index is 12.5. The van der Waals surface area contributed by atoms with Crippen molar-refractivity contribution in [2.45, 2.75) is 75.1 Å². The summed E-state index contributed by atoms with van der Waals surface area (Å²) in [5.74, 6) is -1.29. The summed E-state index contributed by atoms with van der Waals surface area (Å²) in [6.45, 7) is 1.88. The fraction of sp³-hybridized carbons (Fsp3) is 0.609. The molecule has 0 saturated carbocycles. The van der Waals surface area contributed by atoms with Crippen LogP contribution < -0.4 is 5.32 Å². The average Bonchev–Trinajstić information content (AvgIpc) is 3.34. The minimum atomic E-state index is -0.831. The van der Waals surface area contributed by atoms with Crippen molar-refractivity contribution >= 4 is 33.5 Å². The maximum Gasteiger partial charge on any atom is 0.338 e. The number of hydrogen-bond acceptors (Lipinski definition) is 8. The molecule has 34 heavy (non-hydrogen) atoms. The van der Waals surface area contributed by atoms with Gasteiger partial charge in [0.05, 0.1) is 24.7 Å². The number of ether oxygens (including phenoxy) is 5. The molecule has 2 saturated heterocycles. The van der Waals surface area contributed by atoms with Gasteiger partial charge in [0.25, 0.3) is 0 Å². The van der Waals surface area contributed by atoms with Crippen LogP contribution in [0.1, 0.15) is 43.0 Å². The number of hydrogen-bond donors (Lipinski definition) is 1. The fourth-order valence-electron chi connectivity index (χ4n) is 3.97. The van der Waals surface area contributed by atoms with Gasteiger partial charge in [-0.25, -0.2) is 4.79 Å². The summed E-state index contributed by atoms with van der Waals surface area (Å²) in [5.41, 5.74) is 0.420. The lowest BCUT2D eigenvalue weighted by atomic mass is 9.92. The molecule has 180 valence electrons. The van der Waals surface area contributed by atoms with E-state index in [0.717, 1.165) is 0 Å². The first-order chi connectivity index (χ1) is 16.3. The van der Waals surface area contributed by atoms with Gasteiger partial charge in [-0.15, -0.1) is 0 Å². The van der Waals surface area contributed by atoms with Gasteiger partial charge in [-0.05, 0) is 18.6 Å². The Kier molecular flexibility index (Phi) is 9.55. The third-order valence-corrected chi connectivity index (χ3v) is 5.80. The largest absolute Gasteiger partial charge is 0.457 e. The van der Waals surface area contributed by atoms with Crippen molar-refractivity contribution < 1.29 is 38.1 Å². The van der Waals surface area contributed by atoms with Gasteiger partial charge in [0.2, 0.25) is 5.91 Å². The summed E-state index contributed by atoms with van der Waals surface area (Å²) < 4.78 is 28.6. The molecule has 0 aliphatic carbocycles. The van der Waals surface area contributed by atoms with Crippen LogP contribution in [-0.2, 0) is 33.3 Å². The highest BCUT2D eigenvalue weighted by molar-refractivity contribution is 6.11. The molecule has 0 aromatic heterocycles. The average molecular weight is 469 g/mol. The van der Waals surface area contributed by atoms with Gasteiger partial charge in [0.15, 0.2) is 6.10 Å². The molecule has 1 aromatic carbocycles. The molecule has 7 atom stereocenters. The van der Waals surface area contributed by atoms with Gasteiger partial charge in [0, 0.05) is 31.9 Å². The zero-order valence-electron chi connectivity index (χ0n) is 19.4. The Hall–Kier alpha value is -2.36. The topological polar surface area (TPSA) is 109 Å². The van der Waals surface area contributed by atoms with E-state index in [9.17, 15) is 14.4 Å². The minimum Gasteiger partial charge on any atom is -0.457 e. The van der Waals surface area contributed by atoms with Gasteiger partial charge >= 0.3 is 11.9 Å². The SMILES string of the molecule is [B][C@@H]1O[C@H](CC)C(OC(=O)CCC(=O)NC)[C@@H]1OC[C@H]1O[C@@H]([B])CC1OC(=O)c1ccccc1. The van der Waals surface area contributed by atoms with Gasteiger partial charge in [-0.3, -0.25) is 9.59 Å². The van der Waals surface area contributed by atoms with Crippen LogP contribution in [0, 0.1) is 0 Å². The van der Waals surface area contributed by atoms with Crippen LogP contribution in [0.4, 0.5) is 0 Å². The number of nitrogens with one attached hydrogen (secondary N) is 1. The van der Waals surface area contributed by atoms with Crippen molar-refractivity contribution in [2.75, 3.05) is 13.7 Å². The van der Waals surface area contributed by atoms with Gasteiger partial charge in [-0.2, -0.15) is 0 Å². The highest BCUT2D eigenvalue weighted by Gasteiger charge is 2.46. The normalized spacial score (nSPS) is 30.6. The lowest BCUT2D eigenvalue weighted by Crippen LogP contribution is -2.42. The summed E-state index contributed by atoms with van der Waals surface area (Å²) >= 11 is 0. The van der Waals surface area contributed by atoms with Gasteiger partial charge < -0.3 is 29.0 Å². The molecular weight excluding hydrogens is 440 g/mol. The van der Waals surface area contributed by atoms with Crippen LogP contribution in [0.2, 0.25) is 0 Å². The number of esters is 2. The fourth-order valence-corrected chi connectivity index (χ4v) is 3.97. The highest BCUT2D eigenvalue weighted by atomic mass is 16.6. The summed E-state index contributed by atoms with van der Waals surface area (Å²) in [7, 11) is 13.5. The molecular formula is C23H29B2NO8. The number of rotatable bonds is 10.